The van der Waals surface area contributed by atoms with E-state index in [4.69, 9.17) is 0 Å². The number of alkyl halides is 3. The molecule has 114 valence electrons. The summed E-state index contributed by atoms with van der Waals surface area (Å²) in [5.74, 6) is 0. The van der Waals surface area contributed by atoms with Gasteiger partial charge in [-0.2, -0.15) is 18.4 Å². The lowest BCUT2D eigenvalue weighted by atomic mass is 10.1. The second-order valence-electron chi connectivity index (χ2n) is 4.75. The van der Waals surface area contributed by atoms with Crippen molar-refractivity contribution < 1.29 is 13.2 Å². The molecule has 0 bridgehead atoms. The number of rotatable bonds is 2. The second kappa shape index (κ2) is 5.57. The third kappa shape index (κ3) is 2.92. The zero-order valence-electron chi connectivity index (χ0n) is 11.6. The Hall–Kier alpha value is -3.14. The summed E-state index contributed by atoms with van der Waals surface area (Å²) in [4.78, 5) is 0. The molecule has 0 unspecified atom stereocenters. The molecular formula is C16H9F3N4. The van der Waals surface area contributed by atoms with Gasteiger partial charge in [0.05, 0.1) is 11.1 Å². The fourth-order valence-corrected chi connectivity index (χ4v) is 2.15. The largest absolute Gasteiger partial charge is 0.416 e. The molecule has 7 heteroatoms. The molecule has 0 aliphatic heterocycles. The van der Waals surface area contributed by atoms with Gasteiger partial charge in [0.1, 0.15) is 17.3 Å². The van der Waals surface area contributed by atoms with E-state index in [1.807, 2.05) is 6.07 Å². The number of halogens is 3. The number of allylic oxidation sites excluding steroid dienone is 1. The summed E-state index contributed by atoms with van der Waals surface area (Å²) in [6.45, 7) is 0. The number of aromatic nitrogens is 3. The van der Waals surface area contributed by atoms with Crippen LogP contribution in [0.25, 0.3) is 22.8 Å². The predicted molar refractivity (Wildman–Crippen MR) is 78.8 cm³/mol. The van der Waals surface area contributed by atoms with Crippen LogP contribution in [0.15, 0.2) is 48.5 Å². The lowest BCUT2D eigenvalue weighted by molar-refractivity contribution is -0.137. The molecule has 3 aromatic rings. The molecule has 0 amide bonds. The van der Waals surface area contributed by atoms with E-state index in [9.17, 15) is 18.4 Å². The first-order valence-corrected chi connectivity index (χ1v) is 6.59. The predicted octanol–water partition coefficient (Wildman–Crippen LogP) is 3.97. The van der Waals surface area contributed by atoms with Gasteiger partial charge in [-0.05, 0) is 35.9 Å². The SMILES string of the molecule is N#C/C(=C\c1cccc(C(F)(F)F)c1)n1nnc2ccccc21. The van der Waals surface area contributed by atoms with E-state index in [1.54, 1.807) is 24.3 Å². The van der Waals surface area contributed by atoms with E-state index in [1.165, 1.54) is 22.9 Å². The molecule has 0 aliphatic carbocycles. The van der Waals surface area contributed by atoms with Crippen LogP contribution in [0, 0.1) is 11.3 Å². The number of fused-ring (bicyclic) bond motifs is 1. The standard InChI is InChI=1S/C16H9F3N4/c17-16(18,19)12-5-3-4-11(8-12)9-13(10-20)23-15-7-2-1-6-14(15)21-22-23/h1-9H/b13-9+. The Morgan fingerprint density at radius 1 is 1.13 bits per heavy atom. The van der Waals surface area contributed by atoms with Gasteiger partial charge in [0.2, 0.25) is 0 Å². The van der Waals surface area contributed by atoms with E-state index < -0.39 is 11.7 Å². The van der Waals surface area contributed by atoms with Crippen molar-refractivity contribution in [2.75, 3.05) is 0 Å². The van der Waals surface area contributed by atoms with Crippen LogP contribution in [0.4, 0.5) is 13.2 Å². The molecule has 0 saturated carbocycles. The van der Waals surface area contributed by atoms with E-state index in [2.05, 4.69) is 10.3 Å². The molecule has 1 heterocycles. The summed E-state index contributed by atoms with van der Waals surface area (Å²) in [6, 6.07) is 13.7. The molecule has 0 radical (unpaired) electrons. The highest BCUT2D eigenvalue weighted by Gasteiger charge is 2.30. The van der Waals surface area contributed by atoms with Crippen molar-refractivity contribution in [2.24, 2.45) is 0 Å². The van der Waals surface area contributed by atoms with E-state index in [0.29, 0.717) is 11.0 Å². The number of nitrogens with zero attached hydrogens (tertiary/aromatic N) is 4. The average molecular weight is 314 g/mol. The molecular weight excluding hydrogens is 305 g/mol. The van der Waals surface area contributed by atoms with Crippen molar-refractivity contribution in [3.05, 3.63) is 59.7 Å². The van der Waals surface area contributed by atoms with Crippen LogP contribution in [0.3, 0.4) is 0 Å². The molecule has 4 nitrogen and oxygen atoms in total. The van der Waals surface area contributed by atoms with Gasteiger partial charge in [-0.15, -0.1) is 5.10 Å². The lowest BCUT2D eigenvalue weighted by Crippen LogP contribution is -2.04. The van der Waals surface area contributed by atoms with Crippen LogP contribution in [-0.2, 0) is 6.18 Å². The molecule has 0 spiro atoms. The van der Waals surface area contributed by atoms with Crippen molar-refractivity contribution in [3.63, 3.8) is 0 Å². The third-order valence-electron chi connectivity index (χ3n) is 3.21. The molecule has 23 heavy (non-hydrogen) atoms. The zero-order chi connectivity index (χ0) is 16.4. The van der Waals surface area contributed by atoms with Gasteiger partial charge in [0, 0.05) is 0 Å². The van der Waals surface area contributed by atoms with Crippen molar-refractivity contribution in [3.8, 4) is 6.07 Å². The van der Waals surface area contributed by atoms with Crippen LogP contribution in [0.1, 0.15) is 11.1 Å². The van der Waals surface area contributed by atoms with Gasteiger partial charge in [0.15, 0.2) is 0 Å². The molecule has 0 N–H and O–H groups in total. The first kappa shape index (κ1) is 14.8. The van der Waals surface area contributed by atoms with Crippen LogP contribution in [0.2, 0.25) is 0 Å². The first-order valence-electron chi connectivity index (χ1n) is 6.59. The van der Waals surface area contributed by atoms with Gasteiger partial charge < -0.3 is 0 Å². The molecule has 3 rings (SSSR count). The number of nitriles is 1. The summed E-state index contributed by atoms with van der Waals surface area (Å²) in [6.07, 6.45) is -3.09. The fraction of sp³-hybridized carbons (Fsp3) is 0.0625. The van der Waals surface area contributed by atoms with E-state index in [-0.39, 0.29) is 11.3 Å². The van der Waals surface area contributed by atoms with Crippen molar-refractivity contribution in [1.29, 1.82) is 5.26 Å². The Bertz CT molecular complexity index is 932. The van der Waals surface area contributed by atoms with Crippen LogP contribution in [-0.4, -0.2) is 15.0 Å². The average Bonchev–Trinajstić information content (AvgIpc) is 2.96. The highest BCUT2D eigenvalue weighted by Crippen LogP contribution is 2.30. The number of para-hydroxylation sites is 1. The van der Waals surface area contributed by atoms with Crippen LogP contribution < -0.4 is 0 Å². The Morgan fingerprint density at radius 3 is 2.65 bits per heavy atom. The Kier molecular flexibility index (Phi) is 3.58. The maximum absolute atomic E-state index is 12.8. The van der Waals surface area contributed by atoms with Crippen LogP contribution in [0.5, 0.6) is 0 Å². The van der Waals surface area contributed by atoms with Gasteiger partial charge in [-0.3, -0.25) is 0 Å². The lowest BCUT2D eigenvalue weighted by Gasteiger charge is -2.07. The summed E-state index contributed by atoms with van der Waals surface area (Å²) in [7, 11) is 0. The van der Waals surface area contributed by atoms with E-state index >= 15 is 0 Å². The monoisotopic (exact) mass is 314 g/mol. The minimum atomic E-state index is -4.43. The smallest absolute Gasteiger partial charge is 0.202 e. The molecule has 0 fully saturated rings. The van der Waals surface area contributed by atoms with Gasteiger partial charge >= 0.3 is 6.18 Å². The molecule has 2 aromatic carbocycles. The third-order valence-corrected chi connectivity index (χ3v) is 3.21. The summed E-state index contributed by atoms with van der Waals surface area (Å²) < 4.78 is 39.6. The fourth-order valence-electron chi connectivity index (χ4n) is 2.15. The molecule has 0 atom stereocenters. The minimum Gasteiger partial charge on any atom is -0.202 e. The van der Waals surface area contributed by atoms with Crippen LogP contribution >= 0.6 is 0 Å². The topological polar surface area (TPSA) is 54.5 Å². The maximum atomic E-state index is 12.8. The second-order valence-corrected chi connectivity index (χ2v) is 4.75. The normalized spacial score (nSPS) is 12.3. The Labute approximate surface area is 129 Å². The van der Waals surface area contributed by atoms with Gasteiger partial charge in [-0.1, -0.05) is 29.5 Å². The van der Waals surface area contributed by atoms with Gasteiger partial charge in [-0.25, -0.2) is 4.68 Å². The highest BCUT2D eigenvalue weighted by molar-refractivity contribution is 5.86. The summed E-state index contributed by atoms with van der Waals surface area (Å²) in [5.41, 5.74) is 0.769. The van der Waals surface area contributed by atoms with Crippen molar-refractivity contribution in [1.82, 2.24) is 15.0 Å². The highest BCUT2D eigenvalue weighted by atomic mass is 19.4. The van der Waals surface area contributed by atoms with Gasteiger partial charge in [0.25, 0.3) is 0 Å². The molecule has 1 aromatic heterocycles. The molecule has 0 aliphatic rings. The zero-order valence-corrected chi connectivity index (χ0v) is 11.6. The molecule has 0 saturated heterocycles. The Morgan fingerprint density at radius 2 is 1.91 bits per heavy atom. The minimum absolute atomic E-state index is 0.0815. The quantitative estimate of drug-likeness (QED) is 0.672. The van der Waals surface area contributed by atoms with Crippen molar-refractivity contribution in [2.45, 2.75) is 6.18 Å². The van der Waals surface area contributed by atoms with E-state index in [0.717, 1.165) is 12.1 Å². The number of hydrogen-bond acceptors (Lipinski definition) is 3. The first-order chi connectivity index (χ1) is 11.0. The Balaban J connectivity index is 2.08. The number of benzene rings is 2. The van der Waals surface area contributed by atoms with Crippen molar-refractivity contribution >= 4 is 22.8 Å². The summed E-state index contributed by atoms with van der Waals surface area (Å²) in [5, 5.41) is 17.1. The number of hydrogen-bond donors (Lipinski definition) is 0. The summed E-state index contributed by atoms with van der Waals surface area (Å²) >= 11 is 0. The maximum Gasteiger partial charge on any atom is 0.416 e.